The molecule has 0 unspecified atom stereocenters. The Hall–Kier alpha value is -0.970. The maximum atomic E-state index is 5.23. The summed E-state index contributed by atoms with van der Waals surface area (Å²) in [6.07, 6.45) is 3.11. The van der Waals surface area contributed by atoms with Crippen molar-refractivity contribution in [3.8, 4) is 5.75 Å². The minimum Gasteiger partial charge on any atom is -0.497 e. The fourth-order valence-electron chi connectivity index (χ4n) is 2.04. The van der Waals surface area contributed by atoms with Gasteiger partial charge in [0, 0.05) is 11.4 Å². The molecule has 0 bridgehead atoms. The van der Waals surface area contributed by atoms with E-state index < -0.39 is 0 Å². The van der Waals surface area contributed by atoms with Crippen LogP contribution in [0.3, 0.4) is 0 Å². The minimum atomic E-state index is 0. The summed E-state index contributed by atoms with van der Waals surface area (Å²) in [4.78, 5) is 1.31. The minimum absolute atomic E-state index is 0. The van der Waals surface area contributed by atoms with Crippen LogP contribution in [0.15, 0.2) is 53.4 Å². The molecule has 0 radical (unpaired) electrons. The van der Waals surface area contributed by atoms with E-state index >= 15 is 0 Å². The highest BCUT2D eigenvalue weighted by atomic mass is 79.9. The Bertz CT molecular complexity index is 531. The topological polar surface area (TPSA) is 21.3 Å². The Balaban J connectivity index is 0.00000220. The van der Waals surface area contributed by atoms with E-state index in [1.54, 1.807) is 18.9 Å². The van der Waals surface area contributed by atoms with Crippen LogP contribution in [0.2, 0.25) is 0 Å². The molecule has 4 heteroatoms. The van der Waals surface area contributed by atoms with Gasteiger partial charge in [-0.05, 0) is 54.6 Å². The smallest absolute Gasteiger partial charge is 0.119 e. The molecule has 21 heavy (non-hydrogen) atoms. The summed E-state index contributed by atoms with van der Waals surface area (Å²) in [6, 6.07) is 17.0. The molecule has 114 valence electrons. The van der Waals surface area contributed by atoms with Crippen LogP contribution in [0.5, 0.6) is 5.75 Å². The van der Waals surface area contributed by atoms with Crippen LogP contribution in [0.1, 0.15) is 11.1 Å². The lowest BCUT2D eigenvalue weighted by atomic mass is 10.1. The van der Waals surface area contributed by atoms with Crippen LogP contribution in [-0.4, -0.2) is 19.9 Å². The molecule has 0 saturated carbocycles. The third kappa shape index (κ3) is 6.12. The van der Waals surface area contributed by atoms with Gasteiger partial charge in [-0.3, -0.25) is 0 Å². The quantitative estimate of drug-likeness (QED) is 0.581. The van der Waals surface area contributed by atoms with Crippen molar-refractivity contribution in [1.29, 1.82) is 0 Å². The molecule has 0 heterocycles. The Kier molecular flexibility index (Phi) is 8.50. The van der Waals surface area contributed by atoms with Crippen LogP contribution in [0.25, 0.3) is 0 Å². The van der Waals surface area contributed by atoms with E-state index in [0.717, 1.165) is 25.3 Å². The Labute approximate surface area is 142 Å². The lowest BCUT2D eigenvalue weighted by Gasteiger charge is -2.07. The summed E-state index contributed by atoms with van der Waals surface area (Å²) >= 11 is 1.77. The summed E-state index contributed by atoms with van der Waals surface area (Å²) in [5.74, 6) is 0.926. The largest absolute Gasteiger partial charge is 0.497 e. The number of hydrogen-bond acceptors (Lipinski definition) is 3. The normalized spacial score (nSPS) is 10.0. The third-order valence-corrected chi connectivity index (χ3v) is 3.96. The van der Waals surface area contributed by atoms with Crippen molar-refractivity contribution >= 4 is 28.7 Å². The molecule has 2 aromatic carbocycles. The summed E-state index contributed by atoms with van der Waals surface area (Å²) in [7, 11) is 1.70. The van der Waals surface area contributed by atoms with Crippen LogP contribution in [-0.2, 0) is 13.0 Å². The third-order valence-electron chi connectivity index (χ3n) is 3.21. The van der Waals surface area contributed by atoms with Gasteiger partial charge < -0.3 is 10.1 Å². The standard InChI is InChI=1S/C17H21NOS.BrH/c1-19-16-5-3-4-14(12-16)10-11-18-13-15-6-8-17(20-2)9-7-15;/h3-9,12,18H,10-11,13H2,1-2H3;1H. The molecule has 0 amide bonds. The second kappa shape index (κ2) is 9.87. The fourth-order valence-corrected chi connectivity index (χ4v) is 2.45. The van der Waals surface area contributed by atoms with Crippen molar-refractivity contribution in [2.45, 2.75) is 17.9 Å². The van der Waals surface area contributed by atoms with Crippen LogP contribution in [0.4, 0.5) is 0 Å². The number of halogens is 1. The van der Waals surface area contributed by atoms with Crippen LogP contribution in [0, 0.1) is 0 Å². The summed E-state index contributed by atoms with van der Waals surface area (Å²) in [5.41, 5.74) is 2.63. The van der Waals surface area contributed by atoms with E-state index in [1.165, 1.54) is 16.0 Å². The summed E-state index contributed by atoms with van der Waals surface area (Å²) < 4.78 is 5.23. The summed E-state index contributed by atoms with van der Waals surface area (Å²) in [5, 5.41) is 3.48. The number of methoxy groups -OCH3 is 1. The first-order valence-electron chi connectivity index (χ1n) is 6.78. The Morgan fingerprint density at radius 3 is 2.48 bits per heavy atom. The van der Waals surface area contributed by atoms with Gasteiger partial charge in [0.2, 0.25) is 0 Å². The van der Waals surface area contributed by atoms with E-state index in [4.69, 9.17) is 4.74 Å². The monoisotopic (exact) mass is 367 g/mol. The zero-order valence-electron chi connectivity index (χ0n) is 12.5. The fraction of sp³-hybridized carbons (Fsp3) is 0.294. The van der Waals surface area contributed by atoms with E-state index in [0.29, 0.717) is 0 Å². The van der Waals surface area contributed by atoms with Crippen molar-refractivity contribution in [2.24, 2.45) is 0 Å². The van der Waals surface area contributed by atoms with Crippen molar-refractivity contribution in [3.05, 3.63) is 59.7 Å². The lowest BCUT2D eigenvalue weighted by molar-refractivity contribution is 0.414. The van der Waals surface area contributed by atoms with Crippen LogP contribution < -0.4 is 10.1 Å². The SMILES string of the molecule is Br.COc1cccc(CCNCc2ccc(SC)cc2)c1. The highest BCUT2D eigenvalue weighted by Gasteiger charge is 1.97. The van der Waals surface area contributed by atoms with Gasteiger partial charge in [0.15, 0.2) is 0 Å². The highest BCUT2D eigenvalue weighted by molar-refractivity contribution is 8.93. The number of ether oxygens (including phenoxy) is 1. The van der Waals surface area contributed by atoms with E-state index in [9.17, 15) is 0 Å². The van der Waals surface area contributed by atoms with Crippen molar-refractivity contribution < 1.29 is 4.74 Å². The van der Waals surface area contributed by atoms with E-state index in [-0.39, 0.29) is 17.0 Å². The maximum absolute atomic E-state index is 5.23. The molecule has 0 aliphatic carbocycles. The van der Waals surface area contributed by atoms with Crippen molar-refractivity contribution in [2.75, 3.05) is 19.9 Å². The lowest BCUT2D eigenvalue weighted by Crippen LogP contribution is -2.16. The molecule has 0 aromatic heterocycles. The van der Waals surface area contributed by atoms with Gasteiger partial charge in [-0.2, -0.15) is 0 Å². The zero-order chi connectivity index (χ0) is 14.2. The molecule has 0 fully saturated rings. The number of nitrogens with one attached hydrogen (secondary N) is 1. The molecular weight excluding hydrogens is 346 g/mol. The van der Waals surface area contributed by atoms with Gasteiger partial charge in [-0.25, -0.2) is 0 Å². The molecule has 0 saturated heterocycles. The molecular formula is C17H22BrNOS. The molecule has 2 nitrogen and oxygen atoms in total. The molecule has 0 aliphatic rings. The predicted octanol–water partition coefficient (Wildman–Crippen LogP) is 4.33. The number of benzene rings is 2. The average Bonchev–Trinajstić information content (AvgIpc) is 2.52. The molecule has 2 rings (SSSR count). The first-order chi connectivity index (χ1) is 9.81. The second-order valence-corrected chi connectivity index (χ2v) is 5.51. The first-order valence-corrected chi connectivity index (χ1v) is 8.01. The van der Waals surface area contributed by atoms with Gasteiger partial charge in [-0.15, -0.1) is 28.7 Å². The van der Waals surface area contributed by atoms with Gasteiger partial charge >= 0.3 is 0 Å². The first kappa shape index (κ1) is 18.1. The number of thioether (sulfide) groups is 1. The van der Waals surface area contributed by atoms with Gasteiger partial charge in [-0.1, -0.05) is 24.3 Å². The molecule has 0 spiro atoms. The van der Waals surface area contributed by atoms with Gasteiger partial charge in [0.05, 0.1) is 7.11 Å². The van der Waals surface area contributed by atoms with Crippen LogP contribution >= 0.6 is 28.7 Å². The molecule has 1 N–H and O–H groups in total. The predicted molar refractivity (Wildman–Crippen MR) is 96.9 cm³/mol. The zero-order valence-corrected chi connectivity index (χ0v) is 15.0. The maximum Gasteiger partial charge on any atom is 0.119 e. The highest BCUT2D eigenvalue weighted by Crippen LogP contribution is 2.15. The molecule has 2 aromatic rings. The Morgan fingerprint density at radius 2 is 1.81 bits per heavy atom. The van der Waals surface area contributed by atoms with Gasteiger partial charge in [0.25, 0.3) is 0 Å². The number of rotatable bonds is 7. The Morgan fingerprint density at radius 1 is 1.05 bits per heavy atom. The van der Waals surface area contributed by atoms with Crippen molar-refractivity contribution in [3.63, 3.8) is 0 Å². The average molecular weight is 368 g/mol. The van der Waals surface area contributed by atoms with E-state index in [2.05, 4.69) is 48.0 Å². The molecule has 0 atom stereocenters. The van der Waals surface area contributed by atoms with Crippen molar-refractivity contribution in [1.82, 2.24) is 5.32 Å². The number of hydrogen-bond donors (Lipinski definition) is 1. The van der Waals surface area contributed by atoms with E-state index in [1.807, 2.05) is 12.1 Å². The molecule has 0 aliphatic heterocycles. The van der Waals surface area contributed by atoms with Gasteiger partial charge in [0.1, 0.15) is 5.75 Å². The summed E-state index contributed by atoms with van der Waals surface area (Å²) in [6.45, 7) is 1.88. The second-order valence-electron chi connectivity index (χ2n) is 4.63.